The monoisotopic (exact) mass is 427 g/mol. The van der Waals surface area contributed by atoms with Crippen LogP contribution in [0.15, 0.2) is 41.3 Å². The fourth-order valence-corrected chi connectivity index (χ4v) is 5.98. The summed E-state index contributed by atoms with van der Waals surface area (Å²) in [7, 11) is -3.77. The van der Waals surface area contributed by atoms with Crippen LogP contribution in [0.2, 0.25) is 10.0 Å². The maximum absolute atomic E-state index is 13.3. The third-order valence-corrected chi connectivity index (χ3v) is 7.74. The lowest BCUT2D eigenvalue weighted by molar-refractivity contribution is 0.296. The minimum atomic E-state index is -3.77. The van der Waals surface area contributed by atoms with Crippen LogP contribution in [0.4, 0.5) is 0 Å². The Hall–Kier alpha value is -1.47. The summed E-state index contributed by atoms with van der Waals surface area (Å²) in [6.07, 6.45) is 2.33. The Labute approximate surface area is 168 Å². The second-order valence-electron chi connectivity index (χ2n) is 6.58. The molecule has 2 aliphatic heterocycles. The summed E-state index contributed by atoms with van der Waals surface area (Å²) in [5.74, 6) is 1.36. The number of rotatable bonds is 3. The molecule has 0 saturated carbocycles. The number of hydrogen-bond donors (Lipinski definition) is 0. The summed E-state index contributed by atoms with van der Waals surface area (Å²) in [6, 6.07) is 10.0. The van der Waals surface area contributed by atoms with Gasteiger partial charge in [0, 0.05) is 13.0 Å². The van der Waals surface area contributed by atoms with Gasteiger partial charge in [0.2, 0.25) is 10.0 Å². The second kappa shape index (κ2) is 7.51. The summed E-state index contributed by atoms with van der Waals surface area (Å²) in [5, 5.41) is 0.285. The average molecular weight is 428 g/mol. The van der Waals surface area contributed by atoms with E-state index in [9.17, 15) is 8.42 Å². The van der Waals surface area contributed by atoms with Crippen LogP contribution in [0.3, 0.4) is 0 Å². The molecule has 0 aromatic heterocycles. The summed E-state index contributed by atoms with van der Waals surface area (Å²) in [4.78, 5) is 0.0397. The standard InChI is InChI=1S/C19H19Cl2NO4S/c20-14-4-1-6-18(19(14)21)27(23,24)22-9-2-5-15(22)13-7-8-16-17(12-13)26-11-3-10-25-16/h1,4,6-8,12,15H,2-3,5,9-11H2. The van der Waals surface area contributed by atoms with Gasteiger partial charge in [0.25, 0.3) is 0 Å². The van der Waals surface area contributed by atoms with Crippen molar-refractivity contribution in [1.29, 1.82) is 0 Å². The molecule has 0 N–H and O–H groups in total. The number of nitrogens with zero attached hydrogens (tertiary/aromatic N) is 1. The Morgan fingerprint density at radius 3 is 2.59 bits per heavy atom. The Kier molecular flexibility index (Phi) is 5.25. The fraction of sp³-hybridized carbons (Fsp3) is 0.368. The van der Waals surface area contributed by atoms with Crippen LogP contribution in [-0.4, -0.2) is 32.5 Å². The van der Waals surface area contributed by atoms with Crippen LogP contribution in [-0.2, 0) is 10.0 Å². The lowest BCUT2D eigenvalue weighted by atomic mass is 10.0. The van der Waals surface area contributed by atoms with Crippen molar-refractivity contribution in [3.05, 3.63) is 52.0 Å². The molecule has 2 heterocycles. The first-order valence-electron chi connectivity index (χ1n) is 8.84. The van der Waals surface area contributed by atoms with Gasteiger partial charge in [-0.3, -0.25) is 0 Å². The normalized spacial score (nSPS) is 20.4. The lowest BCUT2D eigenvalue weighted by Gasteiger charge is -2.25. The van der Waals surface area contributed by atoms with Crippen LogP contribution in [0.5, 0.6) is 11.5 Å². The highest BCUT2D eigenvalue weighted by atomic mass is 35.5. The molecule has 2 aromatic carbocycles. The van der Waals surface area contributed by atoms with Crippen molar-refractivity contribution in [3.8, 4) is 11.5 Å². The minimum absolute atomic E-state index is 0.0397. The van der Waals surface area contributed by atoms with Gasteiger partial charge in [0.15, 0.2) is 11.5 Å². The first-order valence-corrected chi connectivity index (χ1v) is 11.0. The molecule has 2 aliphatic rings. The van der Waals surface area contributed by atoms with E-state index in [1.807, 2.05) is 18.2 Å². The Balaban J connectivity index is 1.70. The number of sulfonamides is 1. The molecule has 0 aliphatic carbocycles. The predicted molar refractivity (Wildman–Crippen MR) is 104 cm³/mol. The molecule has 8 heteroatoms. The third-order valence-electron chi connectivity index (χ3n) is 4.86. The topological polar surface area (TPSA) is 55.8 Å². The third kappa shape index (κ3) is 3.51. The molecule has 144 valence electrons. The minimum Gasteiger partial charge on any atom is -0.490 e. The summed E-state index contributed by atoms with van der Waals surface area (Å²) in [5.41, 5.74) is 0.887. The van der Waals surface area contributed by atoms with E-state index in [-0.39, 0.29) is 21.0 Å². The zero-order chi connectivity index (χ0) is 19.0. The van der Waals surface area contributed by atoms with Crippen molar-refractivity contribution in [3.63, 3.8) is 0 Å². The first kappa shape index (κ1) is 18.9. The number of fused-ring (bicyclic) bond motifs is 1. The van der Waals surface area contributed by atoms with Crippen LogP contribution in [0, 0.1) is 0 Å². The highest BCUT2D eigenvalue weighted by molar-refractivity contribution is 7.89. The quantitative estimate of drug-likeness (QED) is 0.713. The van der Waals surface area contributed by atoms with Crippen molar-refractivity contribution in [2.24, 2.45) is 0 Å². The predicted octanol–water partition coefficient (Wildman–Crippen LogP) is 4.68. The largest absolute Gasteiger partial charge is 0.490 e. The smallest absolute Gasteiger partial charge is 0.245 e. The van der Waals surface area contributed by atoms with Crippen LogP contribution in [0.25, 0.3) is 0 Å². The van der Waals surface area contributed by atoms with Crippen LogP contribution >= 0.6 is 23.2 Å². The van der Waals surface area contributed by atoms with E-state index in [2.05, 4.69) is 0 Å². The molecular weight excluding hydrogens is 409 g/mol. The van der Waals surface area contributed by atoms with E-state index in [1.165, 1.54) is 10.4 Å². The van der Waals surface area contributed by atoms with Crippen molar-refractivity contribution in [2.75, 3.05) is 19.8 Å². The van der Waals surface area contributed by atoms with Crippen molar-refractivity contribution in [2.45, 2.75) is 30.2 Å². The van der Waals surface area contributed by atoms with Crippen molar-refractivity contribution < 1.29 is 17.9 Å². The second-order valence-corrected chi connectivity index (χ2v) is 9.23. The van der Waals surface area contributed by atoms with Gasteiger partial charge in [-0.15, -0.1) is 0 Å². The first-order chi connectivity index (χ1) is 13.0. The molecular formula is C19H19Cl2NO4S. The molecule has 0 amide bonds. The van der Waals surface area contributed by atoms with Crippen molar-refractivity contribution >= 4 is 33.2 Å². The van der Waals surface area contributed by atoms with E-state index in [0.29, 0.717) is 31.3 Å². The maximum atomic E-state index is 13.3. The van der Waals surface area contributed by atoms with E-state index < -0.39 is 10.0 Å². The van der Waals surface area contributed by atoms with Crippen LogP contribution in [0.1, 0.15) is 30.9 Å². The lowest BCUT2D eigenvalue weighted by Crippen LogP contribution is -2.31. The Bertz CT molecular complexity index is 964. The van der Waals surface area contributed by atoms with Gasteiger partial charge in [-0.2, -0.15) is 4.31 Å². The highest BCUT2D eigenvalue weighted by Gasteiger charge is 2.37. The number of benzene rings is 2. The number of halogens is 2. The number of hydrogen-bond acceptors (Lipinski definition) is 4. The summed E-state index contributed by atoms with van der Waals surface area (Å²) >= 11 is 12.2. The van der Waals surface area contributed by atoms with Gasteiger partial charge >= 0.3 is 0 Å². The molecule has 5 nitrogen and oxygen atoms in total. The molecule has 0 bridgehead atoms. The summed E-state index contributed by atoms with van der Waals surface area (Å²) < 4.78 is 39.5. The van der Waals surface area contributed by atoms with Gasteiger partial charge in [-0.25, -0.2) is 8.42 Å². The molecule has 1 unspecified atom stereocenters. The fourth-order valence-electron chi connectivity index (χ4n) is 3.56. The van der Waals surface area contributed by atoms with Gasteiger partial charge in [-0.1, -0.05) is 35.3 Å². The molecule has 0 radical (unpaired) electrons. The van der Waals surface area contributed by atoms with Gasteiger partial charge in [-0.05, 0) is 42.7 Å². The zero-order valence-corrected chi connectivity index (χ0v) is 16.9. The molecule has 4 rings (SSSR count). The Morgan fingerprint density at radius 1 is 1.00 bits per heavy atom. The molecule has 1 fully saturated rings. The highest BCUT2D eigenvalue weighted by Crippen LogP contribution is 2.42. The van der Waals surface area contributed by atoms with E-state index in [4.69, 9.17) is 32.7 Å². The molecule has 0 spiro atoms. The molecule has 1 atom stereocenters. The van der Waals surface area contributed by atoms with E-state index >= 15 is 0 Å². The Morgan fingerprint density at radius 2 is 1.78 bits per heavy atom. The van der Waals surface area contributed by atoms with E-state index in [1.54, 1.807) is 12.1 Å². The van der Waals surface area contributed by atoms with Gasteiger partial charge < -0.3 is 9.47 Å². The van der Waals surface area contributed by atoms with E-state index in [0.717, 1.165) is 24.8 Å². The molecule has 27 heavy (non-hydrogen) atoms. The van der Waals surface area contributed by atoms with Crippen molar-refractivity contribution in [1.82, 2.24) is 4.31 Å². The van der Waals surface area contributed by atoms with Gasteiger partial charge in [0.05, 0.1) is 29.3 Å². The molecule has 1 saturated heterocycles. The molecule has 2 aromatic rings. The summed E-state index contributed by atoms with van der Waals surface area (Å²) in [6.45, 7) is 1.63. The zero-order valence-electron chi connectivity index (χ0n) is 14.5. The maximum Gasteiger partial charge on any atom is 0.245 e. The number of ether oxygens (including phenoxy) is 2. The average Bonchev–Trinajstić information content (AvgIpc) is 3.04. The van der Waals surface area contributed by atoms with Gasteiger partial charge in [0.1, 0.15) is 4.90 Å². The SMILES string of the molecule is O=S(=O)(c1cccc(Cl)c1Cl)N1CCCC1c1ccc2c(c1)OCCCO2. The van der Waals surface area contributed by atoms with Crippen LogP contribution < -0.4 is 9.47 Å².